The molecule has 1 aliphatic rings. The third-order valence-electron chi connectivity index (χ3n) is 3.96. The van der Waals surface area contributed by atoms with Crippen LogP contribution in [0.3, 0.4) is 0 Å². The Bertz CT molecular complexity index is 163. The molecule has 1 heterocycles. The quantitative estimate of drug-likeness (QED) is 0.671. The van der Waals surface area contributed by atoms with Crippen molar-refractivity contribution in [3.63, 3.8) is 0 Å². The Balaban J connectivity index is 2.60. The molecule has 14 heavy (non-hydrogen) atoms. The first kappa shape index (κ1) is 12.0. The van der Waals surface area contributed by atoms with E-state index in [1.165, 1.54) is 26.1 Å². The van der Waals surface area contributed by atoms with Crippen molar-refractivity contribution >= 4 is 0 Å². The number of likely N-dealkylation sites (tertiary alicyclic amines) is 1. The second-order valence-corrected chi connectivity index (χ2v) is 5.50. The highest BCUT2D eigenvalue weighted by Gasteiger charge is 2.32. The molecule has 84 valence electrons. The van der Waals surface area contributed by atoms with Gasteiger partial charge in [0, 0.05) is 6.54 Å². The third kappa shape index (κ3) is 2.73. The van der Waals surface area contributed by atoms with Crippen LogP contribution in [-0.2, 0) is 0 Å². The molecule has 1 saturated heterocycles. The topological polar surface area (TPSA) is 3.24 Å². The minimum absolute atomic E-state index is 0.844. The van der Waals surface area contributed by atoms with Crippen LogP contribution in [0.5, 0.6) is 0 Å². The molecule has 2 atom stereocenters. The van der Waals surface area contributed by atoms with Crippen molar-refractivity contribution in [3.05, 3.63) is 0 Å². The normalized spacial score (nSPS) is 30.2. The van der Waals surface area contributed by atoms with Crippen molar-refractivity contribution in [2.75, 3.05) is 19.6 Å². The second kappa shape index (κ2) is 5.16. The van der Waals surface area contributed by atoms with Crippen LogP contribution in [0, 0.1) is 23.7 Å². The first-order chi connectivity index (χ1) is 6.56. The van der Waals surface area contributed by atoms with Crippen molar-refractivity contribution in [2.45, 2.75) is 41.0 Å². The summed E-state index contributed by atoms with van der Waals surface area (Å²) in [4.78, 5) is 2.61. The molecule has 1 nitrogen and oxygen atoms in total. The number of hydrogen-bond donors (Lipinski definition) is 0. The van der Waals surface area contributed by atoms with Crippen LogP contribution < -0.4 is 0 Å². The molecular weight excluding hydrogens is 170 g/mol. The highest BCUT2D eigenvalue weighted by Crippen LogP contribution is 2.34. The number of nitrogens with zero attached hydrogens (tertiary/aromatic N) is 1. The van der Waals surface area contributed by atoms with Crippen LogP contribution in [0.25, 0.3) is 0 Å². The first-order valence-electron chi connectivity index (χ1n) is 6.28. The molecule has 0 aromatic heterocycles. The number of rotatable bonds is 3. The van der Waals surface area contributed by atoms with Gasteiger partial charge >= 0.3 is 0 Å². The van der Waals surface area contributed by atoms with E-state index in [1.807, 2.05) is 0 Å². The molecule has 0 bridgehead atoms. The summed E-state index contributed by atoms with van der Waals surface area (Å²) in [5.41, 5.74) is 0. The van der Waals surface area contributed by atoms with E-state index in [0.717, 1.165) is 23.7 Å². The van der Waals surface area contributed by atoms with E-state index in [-0.39, 0.29) is 0 Å². The zero-order chi connectivity index (χ0) is 10.7. The second-order valence-electron chi connectivity index (χ2n) is 5.50. The van der Waals surface area contributed by atoms with E-state index in [4.69, 9.17) is 0 Å². The predicted octanol–water partition coefficient (Wildman–Crippen LogP) is 3.26. The smallest absolute Gasteiger partial charge is 0.00147 e. The Morgan fingerprint density at radius 1 is 1.07 bits per heavy atom. The average Bonchev–Trinajstić information content (AvgIpc) is 2.16. The fraction of sp³-hybridized carbons (Fsp3) is 1.00. The van der Waals surface area contributed by atoms with E-state index < -0.39 is 0 Å². The minimum atomic E-state index is 0.844. The third-order valence-corrected chi connectivity index (χ3v) is 3.96. The summed E-state index contributed by atoms with van der Waals surface area (Å²) in [6.45, 7) is 15.7. The molecule has 0 aromatic rings. The van der Waals surface area contributed by atoms with E-state index in [2.05, 4.69) is 39.5 Å². The monoisotopic (exact) mass is 197 g/mol. The van der Waals surface area contributed by atoms with Crippen molar-refractivity contribution in [1.82, 2.24) is 4.90 Å². The lowest BCUT2D eigenvalue weighted by Crippen LogP contribution is -2.43. The lowest BCUT2D eigenvalue weighted by molar-refractivity contribution is 0.0670. The van der Waals surface area contributed by atoms with E-state index in [1.54, 1.807) is 0 Å². The van der Waals surface area contributed by atoms with E-state index in [9.17, 15) is 0 Å². The van der Waals surface area contributed by atoms with Gasteiger partial charge in [0.2, 0.25) is 0 Å². The summed E-state index contributed by atoms with van der Waals surface area (Å²) < 4.78 is 0. The largest absolute Gasteiger partial charge is 0.303 e. The van der Waals surface area contributed by atoms with Gasteiger partial charge in [-0.05, 0) is 43.2 Å². The maximum atomic E-state index is 2.61. The van der Waals surface area contributed by atoms with Gasteiger partial charge in [-0.15, -0.1) is 0 Å². The Labute approximate surface area is 89.9 Å². The highest BCUT2D eigenvalue weighted by atomic mass is 15.1. The van der Waals surface area contributed by atoms with Gasteiger partial charge in [-0.1, -0.05) is 34.6 Å². The van der Waals surface area contributed by atoms with Crippen molar-refractivity contribution in [1.29, 1.82) is 0 Å². The molecule has 0 aromatic carbocycles. The summed E-state index contributed by atoms with van der Waals surface area (Å²) in [7, 11) is 0. The van der Waals surface area contributed by atoms with Crippen molar-refractivity contribution in [2.24, 2.45) is 23.7 Å². The molecule has 0 radical (unpaired) electrons. The van der Waals surface area contributed by atoms with E-state index in [0.29, 0.717) is 0 Å². The summed E-state index contributed by atoms with van der Waals surface area (Å²) in [6.07, 6.45) is 1.41. The molecule has 1 aliphatic heterocycles. The van der Waals surface area contributed by atoms with Gasteiger partial charge < -0.3 is 4.90 Å². The van der Waals surface area contributed by atoms with Gasteiger partial charge in [0.25, 0.3) is 0 Å². The molecule has 0 saturated carbocycles. The fourth-order valence-electron chi connectivity index (χ4n) is 2.89. The molecule has 0 aliphatic carbocycles. The van der Waals surface area contributed by atoms with Gasteiger partial charge in [-0.2, -0.15) is 0 Å². The van der Waals surface area contributed by atoms with Gasteiger partial charge in [0.15, 0.2) is 0 Å². The van der Waals surface area contributed by atoms with Crippen molar-refractivity contribution < 1.29 is 0 Å². The lowest BCUT2D eigenvalue weighted by Gasteiger charge is -2.42. The molecule has 0 N–H and O–H groups in total. The molecule has 1 fully saturated rings. The Hall–Kier alpha value is -0.0400. The van der Waals surface area contributed by atoms with Crippen LogP contribution in [0.1, 0.15) is 41.0 Å². The van der Waals surface area contributed by atoms with Gasteiger partial charge in [-0.3, -0.25) is 0 Å². The summed E-state index contributed by atoms with van der Waals surface area (Å²) in [5.74, 6) is 3.58. The van der Waals surface area contributed by atoms with Gasteiger partial charge in [-0.25, -0.2) is 0 Å². The lowest BCUT2D eigenvalue weighted by atomic mass is 9.73. The first-order valence-corrected chi connectivity index (χ1v) is 6.28. The summed E-state index contributed by atoms with van der Waals surface area (Å²) in [5, 5.41) is 0. The average molecular weight is 197 g/mol. The summed E-state index contributed by atoms with van der Waals surface area (Å²) >= 11 is 0. The standard InChI is InChI=1S/C13H27N/c1-6-14-8-7-12(10(2)3)13(9-14)11(4)5/h10-13H,6-9H2,1-5H3. The maximum absolute atomic E-state index is 2.61. The molecule has 2 unspecified atom stereocenters. The van der Waals surface area contributed by atoms with Crippen LogP contribution in [-0.4, -0.2) is 24.5 Å². The molecular formula is C13H27N. The van der Waals surface area contributed by atoms with E-state index >= 15 is 0 Å². The van der Waals surface area contributed by atoms with Gasteiger partial charge in [0.1, 0.15) is 0 Å². The Kier molecular flexibility index (Phi) is 4.43. The number of piperidine rings is 1. The SMILES string of the molecule is CCN1CCC(C(C)C)C(C(C)C)C1. The predicted molar refractivity (Wildman–Crippen MR) is 63.4 cm³/mol. The summed E-state index contributed by atoms with van der Waals surface area (Å²) in [6, 6.07) is 0. The molecule has 1 heteroatoms. The van der Waals surface area contributed by atoms with Crippen LogP contribution in [0.15, 0.2) is 0 Å². The minimum Gasteiger partial charge on any atom is -0.303 e. The van der Waals surface area contributed by atoms with Crippen LogP contribution in [0.4, 0.5) is 0 Å². The Morgan fingerprint density at radius 3 is 2.07 bits per heavy atom. The highest BCUT2D eigenvalue weighted by molar-refractivity contribution is 4.83. The number of hydrogen-bond acceptors (Lipinski definition) is 1. The fourth-order valence-corrected chi connectivity index (χ4v) is 2.89. The van der Waals surface area contributed by atoms with Gasteiger partial charge in [0.05, 0.1) is 0 Å². The van der Waals surface area contributed by atoms with Crippen LogP contribution in [0.2, 0.25) is 0 Å². The zero-order valence-electron chi connectivity index (χ0n) is 10.6. The van der Waals surface area contributed by atoms with Crippen LogP contribution >= 0.6 is 0 Å². The van der Waals surface area contributed by atoms with Crippen molar-refractivity contribution in [3.8, 4) is 0 Å². The Morgan fingerprint density at radius 2 is 1.64 bits per heavy atom. The maximum Gasteiger partial charge on any atom is 0.00147 e. The zero-order valence-corrected chi connectivity index (χ0v) is 10.6. The molecule has 1 rings (SSSR count). The molecule has 0 spiro atoms. The molecule has 0 amide bonds.